The van der Waals surface area contributed by atoms with Crippen molar-refractivity contribution in [2.24, 2.45) is 5.92 Å². The standard InChI is InChI=1S/C16H20N6/c1-4-21-9-14(19-20-21)13-8-22(16(2,3)11-5-6-11)15-12(13)7-17-10-18-15/h7-11H,4-6H2,1-3H3. The third-order valence-electron chi connectivity index (χ3n) is 4.80. The Balaban J connectivity index is 1.92. The highest BCUT2D eigenvalue weighted by atomic mass is 15.4. The molecule has 0 unspecified atom stereocenters. The highest BCUT2D eigenvalue weighted by Crippen LogP contribution is 2.46. The Morgan fingerprint density at radius 3 is 2.77 bits per heavy atom. The lowest BCUT2D eigenvalue weighted by molar-refractivity contribution is 0.313. The van der Waals surface area contributed by atoms with Gasteiger partial charge in [-0.15, -0.1) is 5.10 Å². The van der Waals surface area contributed by atoms with Crippen LogP contribution in [0.2, 0.25) is 0 Å². The van der Waals surface area contributed by atoms with Crippen LogP contribution in [0.25, 0.3) is 22.3 Å². The highest BCUT2D eigenvalue weighted by molar-refractivity contribution is 5.92. The zero-order valence-corrected chi connectivity index (χ0v) is 13.2. The van der Waals surface area contributed by atoms with Crippen LogP contribution in [0, 0.1) is 5.92 Å². The summed E-state index contributed by atoms with van der Waals surface area (Å²) in [5, 5.41) is 9.50. The van der Waals surface area contributed by atoms with Crippen molar-refractivity contribution in [1.29, 1.82) is 0 Å². The average molecular weight is 296 g/mol. The molecular formula is C16H20N6. The molecule has 1 saturated carbocycles. The van der Waals surface area contributed by atoms with Gasteiger partial charge in [0.05, 0.1) is 6.20 Å². The number of rotatable bonds is 4. The van der Waals surface area contributed by atoms with Gasteiger partial charge in [0.1, 0.15) is 17.7 Å². The van der Waals surface area contributed by atoms with Crippen molar-refractivity contribution >= 4 is 11.0 Å². The quantitative estimate of drug-likeness (QED) is 0.742. The fraction of sp³-hybridized carbons (Fsp3) is 0.500. The molecular weight excluding hydrogens is 276 g/mol. The number of hydrogen-bond acceptors (Lipinski definition) is 4. The summed E-state index contributed by atoms with van der Waals surface area (Å²) in [5.41, 5.74) is 2.98. The molecule has 1 fully saturated rings. The minimum Gasteiger partial charge on any atom is -0.326 e. The second-order valence-electron chi connectivity index (χ2n) is 6.56. The molecule has 6 nitrogen and oxygen atoms in total. The largest absolute Gasteiger partial charge is 0.326 e. The lowest BCUT2D eigenvalue weighted by atomic mass is 9.98. The maximum Gasteiger partial charge on any atom is 0.144 e. The first-order chi connectivity index (χ1) is 10.6. The summed E-state index contributed by atoms with van der Waals surface area (Å²) in [7, 11) is 0. The summed E-state index contributed by atoms with van der Waals surface area (Å²) in [5.74, 6) is 0.720. The van der Waals surface area contributed by atoms with E-state index in [1.165, 1.54) is 12.8 Å². The van der Waals surface area contributed by atoms with Gasteiger partial charge in [0.2, 0.25) is 0 Å². The molecule has 3 aromatic heterocycles. The molecule has 0 amide bonds. The van der Waals surface area contributed by atoms with Crippen LogP contribution in [-0.2, 0) is 12.1 Å². The molecule has 0 aliphatic heterocycles. The summed E-state index contributed by atoms with van der Waals surface area (Å²) in [6, 6.07) is 0. The minimum absolute atomic E-state index is 0.0611. The van der Waals surface area contributed by atoms with E-state index in [-0.39, 0.29) is 5.54 Å². The molecule has 0 bridgehead atoms. The van der Waals surface area contributed by atoms with E-state index in [9.17, 15) is 0 Å². The Bertz CT molecular complexity index is 824. The first kappa shape index (κ1) is 13.4. The van der Waals surface area contributed by atoms with Crippen LogP contribution in [0.4, 0.5) is 0 Å². The molecule has 0 N–H and O–H groups in total. The molecule has 0 atom stereocenters. The van der Waals surface area contributed by atoms with E-state index in [0.717, 1.165) is 34.8 Å². The van der Waals surface area contributed by atoms with Crippen LogP contribution in [0.1, 0.15) is 33.6 Å². The zero-order valence-electron chi connectivity index (χ0n) is 13.2. The maximum absolute atomic E-state index is 4.53. The fourth-order valence-electron chi connectivity index (χ4n) is 3.17. The second kappa shape index (κ2) is 4.63. The Kier molecular flexibility index (Phi) is 2.82. The van der Waals surface area contributed by atoms with E-state index < -0.39 is 0 Å². The Morgan fingerprint density at radius 1 is 1.27 bits per heavy atom. The van der Waals surface area contributed by atoms with E-state index in [0.29, 0.717) is 0 Å². The van der Waals surface area contributed by atoms with E-state index in [1.54, 1.807) is 6.33 Å². The van der Waals surface area contributed by atoms with Gasteiger partial charge in [0.15, 0.2) is 0 Å². The predicted molar refractivity (Wildman–Crippen MR) is 84.3 cm³/mol. The summed E-state index contributed by atoms with van der Waals surface area (Å²) in [6.45, 7) is 7.45. The van der Waals surface area contributed by atoms with Gasteiger partial charge in [-0.1, -0.05) is 5.21 Å². The molecule has 1 aliphatic rings. The molecule has 3 heterocycles. The predicted octanol–water partition coefficient (Wildman–Crippen LogP) is 2.85. The SMILES string of the molecule is CCn1cc(-c2cn(C(C)(C)C3CC3)c3ncncc23)nn1. The molecule has 0 saturated heterocycles. The Morgan fingerprint density at radius 2 is 2.09 bits per heavy atom. The van der Waals surface area contributed by atoms with E-state index in [1.807, 2.05) is 17.1 Å². The van der Waals surface area contributed by atoms with Crippen LogP contribution in [-0.4, -0.2) is 29.5 Å². The summed E-state index contributed by atoms with van der Waals surface area (Å²) < 4.78 is 4.14. The lowest BCUT2D eigenvalue weighted by Crippen LogP contribution is -2.28. The van der Waals surface area contributed by atoms with Crippen molar-refractivity contribution in [3.63, 3.8) is 0 Å². The third-order valence-corrected chi connectivity index (χ3v) is 4.80. The Hall–Kier alpha value is -2.24. The van der Waals surface area contributed by atoms with Gasteiger partial charge in [0.25, 0.3) is 0 Å². The smallest absolute Gasteiger partial charge is 0.144 e. The molecule has 1 aliphatic carbocycles. The van der Waals surface area contributed by atoms with E-state index in [2.05, 4.69) is 51.8 Å². The van der Waals surface area contributed by atoms with Gasteiger partial charge >= 0.3 is 0 Å². The van der Waals surface area contributed by atoms with Crippen molar-refractivity contribution < 1.29 is 0 Å². The fourth-order valence-corrected chi connectivity index (χ4v) is 3.17. The zero-order chi connectivity index (χ0) is 15.3. The molecule has 0 spiro atoms. The van der Waals surface area contributed by atoms with Crippen LogP contribution < -0.4 is 0 Å². The molecule has 4 rings (SSSR count). The van der Waals surface area contributed by atoms with Crippen LogP contribution in [0.3, 0.4) is 0 Å². The number of nitrogens with zero attached hydrogens (tertiary/aromatic N) is 6. The van der Waals surface area contributed by atoms with Gasteiger partial charge in [-0.2, -0.15) is 0 Å². The van der Waals surface area contributed by atoms with Crippen LogP contribution in [0.15, 0.2) is 24.9 Å². The number of hydrogen-bond donors (Lipinski definition) is 0. The lowest BCUT2D eigenvalue weighted by Gasteiger charge is -2.27. The average Bonchev–Trinajstić information content (AvgIpc) is 3.16. The number of fused-ring (bicyclic) bond motifs is 1. The van der Waals surface area contributed by atoms with E-state index in [4.69, 9.17) is 0 Å². The molecule has 0 aromatic carbocycles. The van der Waals surface area contributed by atoms with Crippen LogP contribution >= 0.6 is 0 Å². The number of aromatic nitrogens is 6. The first-order valence-corrected chi connectivity index (χ1v) is 7.83. The van der Waals surface area contributed by atoms with Crippen molar-refractivity contribution in [2.45, 2.75) is 45.7 Å². The maximum atomic E-state index is 4.53. The van der Waals surface area contributed by atoms with Crippen molar-refractivity contribution in [3.8, 4) is 11.3 Å². The molecule has 3 aromatic rings. The van der Waals surface area contributed by atoms with Gasteiger partial charge < -0.3 is 4.57 Å². The molecule has 0 radical (unpaired) electrons. The van der Waals surface area contributed by atoms with Crippen LogP contribution in [0.5, 0.6) is 0 Å². The third kappa shape index (κ3) is 1.94. The van der Waals surface area contributed by atoms with Gasteiger partial charge in [-0.05, 0) is 39.5 Å². The second-order valence-corrected chi connectivity index (χ2v) is 6.56. The minimum atomic E-state index is 0.0611. The van der Waals surface area contributed by atoms with Crippen molar-refractivity contribution in [1.82, 2.24) is 29.5 Å². The normalized spacial score (nSPS) is 15.6. The summed E-state index contributed by atoms with van der Waals surface area (Å²) in [4.78, 5) is 8.73. The van der Waals surface area contributed by atoms with Gasteiger partial charge in [-0.3, -0.25) is 4.68 Å². The van der Waals surface area contributed by atoms with E-state index >= 15 is 0 Å². The summed E-state index contributed by atoms with van der Waals surface area (Å²) in [6.07, 6.45) is 10.2. The molecule has 22 heavy (non-hydrogen) atoms. The van der Waals surface area contributed by atoms with Crippen molar-refractivity contribution in [2.75, 3.05) is 0 Å². The number of aryl methyl sites for hydroxylation is 1. The van der Waals surface area contributed by atoms with Gasteiger partial charge in [-0.25, -0.2) is 9.97 Å². The topological polar surface area (TPSA) is 61.4 Å². The Labute approximate surface area is 129 Å². The first-order valence-electron chi connectivity index (χ1n) is 7.83. The molecule has 114 valence electrons. The highest BCUT2D eigenvalue weighted by Gasteiger charge is 2.40. The monoisotopic (exact) mass is 296 g/mol. The molecule has 6 heteroatoms. The van der Waals surface area contributed by atoms with Crippen molar-refractivity contribution in [3.05, 3.63) is 24.9 Å². The summed E-state index contributed by atoms with van der Waals surface area (Å²) >= 11 is 0. The van der Waals surface area contributed by atoms with Gasteiger partial charge in [0, 0.05) is 35.4 Å².